The second kappa shape index (κ2) is 34.2. The van der Waals surface area contributed by atoms with Crippen LogP contribution in [-0.4, -0.2) is 44.9 Å². The first kappa shape index (κ1) is 78.9. The van der Waals surface area contributed by atoms with E-state index in [-0.39, 0.29) is 0 Å². The Morgan fingerprint density at radius 1 is 0.146 bits per heavy atom. The zero-order chi connectivity index (χ0) is 87.1. The molecular formula is C121H83N9. The molecule has 9 heteroatoms. The van der Waals surface area contributed by atoms with Gasteiger partial charge in [0.2, 0.25) is 0 Å². The molecule has 0 saturated heterocycles. The van der Waals surface area contributed by atoms with Crippen molar-refractivity contribution in [2.75, 3.05) is 0 Å². The van der Waals surface area contributed by atoms with Gasteiger partial charge in [-0.25, -0.2) is 15.0 Å². The Kier molecular flexibility index (Phi) is 20.7. The van der Waals surface area contributed by atoms with E-state index < -0.39 is 0 Å². The molecule has 0 fully saturated rings. The van der Waals surface area contributed by atoms with Crippen molar-refractivity contribution in [1.82, 2.24) is 44.9 Å². The Balaban J connectivity index is 0.000000114. The smallest absolute Gasteiger partial charge is 0.0790 e. The minimum absolute atomic E-state index is 0.945. The van der Waals surface area contributed by atoms with Crippen LogP contribution in [0.4, 0.5) is 0 Å². The van der Waals surface area contributed by atoms with Crippen LogP contribution in [0, 0.1) is 27.7 Å². The fourth-order valence-corrected chi connectivity index (χ4v) is 18.7. The van der Waals surface area contributed by atoms with E-state index in [1.54, 1.807) is 0 Å². The first-order valence-corrected chi connectivity index (χ1v) is 44.0. The Morgan fingerprint density at radius 2 is 0.431 bits per heavy atom. The van der Waals surface area contributed by atoms with Crippen molar-refractivity contribution >= 4 is 97.5 Å². The minimum atomic E-state index is 0.945. The van der Waals surface area contributed by atoms with Gasteiger partial charge in [-0.2, -0.15) is 0 Å². The van der Waals surface area contributed by atoms with E-state index in [0.717, 1.165) is 199 Å². The van der Waals surface area contributed by atoms with Crippen LogP contribution < -0.4 is 0 Å². The molecule has 15 aromatic carbocycles. The molecule has 0 N–H and O–H groups in total. The highest BCUT2D eigenvalue weighted by Crippen LogP contribution is 2.43. The van der Waals surface area contributed by atoms with Crippen LogP contribution in [-0.2, 0) is 0 Å². The quantitative estimate of drug-likeness (QED) is 0.118. The summed E-state index contributed by atoms with van der Waals surface area (Å²) in [5.41, 5.74) is 34.7. The van der Waals surface area contributed by atoms with Gasteiger partial charge < -0.3 is 0 Å². The number of pyridine rings is 9. The van der Waals surface area contributed by atoms with Crippen LogP contribution >= 0.6 is 0 Å². The number of rotatable bonds is 12. The fourth-order valence-electron chi connectivity index (χ4n) is 18.7. The predicted octanol–water partition coefficient (Wildman–Crippen LogP) is 31.2. The van der Waals surface area contributed by atoms with E-state index in [0.29, 0.717) is 0 Å². The lowest BCUT2D eigenvalue weighted by Crippen LogP contribution is -1.95. The normalized spacial score (nSPS) is 11.4. The van der Waals surface area contributed by atoms with Gasteiger partial charge in [0.05, 0.1) is 67.6 Å². The molecule has 24 aromatic rings. The molecule has 24 rings (SSSR count). The molecule has 0 radical (unpaired) electrons. The maximum atomic E-state index is 5.34. The van der Waals surface area contributed by atoms with Gasteiger partial charge in [-0.3, -0.25) is 29.9 Å². The third kappa shape index (κ3) is 15.1. The minimum Gasteiger partial charge on any atom is -0.256 e. The molecule has 0 bridgehead atoms. The topological polar surface area (TPSA) is 116 Å². The van der Waals surface area contributed by atoms with Gasteiger partial charge in [-0.05, 0) is 166 Å². The van der Waals surface area contributed by atoms with E-state index in [2.05, 4.69) is 408 Å². The summed E-state index contributed by atoms with van der Waals surface area (Å²) < 4.78 is 0. The Bertz CT molecular complexity index is 8520. The second-order valence-electron chi connectivity index (χ2n) is 33.3. The molecule has 0 aliphatic carbocycles. The number of hydrogen-bond acceptors (Lipinski definition) is 9. The molecule has 0 aliphatic heterocycles. The van der Waals surface area contributed by atoms with Crippen molar-refractivity contribution in [3.63, 3.8) is 0 Å². The maximum absolute atomic E-state index is 5.34. The van der Waals surface area contributed by atoms with Gasteiger partial charge in [-0.15, -0.1) is 0 Å². The third-order valence-electron chi connectivity index (χ3n) is 25.2. The van der Waals surface area contributed by atoms with E-state index in [4.69, 9.17) is 34.9 Å². The van der Waals surface area contributed by atoms with Crippen molar-refractivity contribution in [2.45, 2.75) is 27.7 Å². The summed E-state index contributed by atoms with van der Waals surface area (Å²) in [6.45, 7) is 8.70. The number of hydrogen-bond donors (Lipinski definition) is 0. The van der Waals surface area contributed by atoms with Crippen molar-refractivity contribution in [2.24, 2.45) is 0 Å². The Labute approximate surface area is 753 Å². The van der Waals surface area contributed by atoms with Gasteiger partial charge in [-0.1, -0.05) is 328 Å². The SMILES string of the molecule is Cc1cc(-c2cc3ccccc3c(-c3ccc(-c4cccc5cccnc45)c(C)c3)n2)ccc1-c1cccc2cccnc12.Cc1cc(-c2cccc3cccnc23)ccc1-c1cc2ccccc2c(-c2ccc(-c3cccc4cccnc34)cc2C)n1.c1ccc2c(-c3ccc(-c4cc5ccccc5c(-c5ccc(-c6nccc7ccccc67)cc5)n4)cc3)nccc2c1. The largest absolute Gasteiger partial charge is 0.256 e. The number of nitrogens with zero attached hydrogens (tertiary/aromatic N) is 9. The molecule has 0 atom stereocenters. The Morgan fingerprint density at radius 3 is 0.869 bits per heavy atom. The highest BCUT2D eigenvalue weighted by Gasteiger charge is 2.21. The van der Waals surface area contributed by atoms with Crippen molar-refractivity contribution < 1.29 is 0 Å². The summed E-state index contributed by atoms with van der Waals surface area (Å²) in [6.07, 6.45) is 11.2. The molecule has 0 spiro atoms. The first-order chi connectivity index (χ1) is 64.1. The van der Waals surface area contributed by atoms with Crippen LogP contribution in [0.1, 0.15) is 22.3 Å². The van der Waals surface area contributed by atoms with Gasteiger partial charge >= 0.3 is 0 Å². The molecule has 0 amide bonds. The van der Waals surface area contributed by atoms with Crippen molar-refractivity contribution in [3.05, 3.63) is 454 Å². The summed E-state index contributed by atoms with van der Waals surface area (Å²) in [5.74, 6) is 0. The molecule has 612 valence electrons. The molecule has 0 unspecified atom stereocenters. The van der Waals surface area contributed by atoms with Crippen LogP contribution in [0.3, 0.4) is 0 Å². The van der Waals surface area contributed by atoms with E-state index in [1.807, 2.05) is 61.4 Å². The number of aryl methyl sites for hydroxylation is 4. The molecular weight excluding hydrogens is 1580 g/mol. The standard InChI is InChI=1S/2C41H29N3.C39H25N3/c1-26-23-31(35-15-5-10-28-12-7-21-42-39(28)35)17-19-33(26)38-25-30-9-3-4-14-37(30)41(44-38)34-20-18-32(24-27(34)2)36-16-6-11-29-13-8-22-43-40(29)36;1-26-23-31(17-19-33(26)36-15-5-10-28-12-7-21-42-39(28)36)38-25-30-9-3-4-14-35(30)41(44-38)32-18-20-34(27(2)24-32)37-16-6-11-29-13-8-22-43-40(29)37;1-4-10-33-26(7-1)21-23-40-37(33)29-15-13-28(14-16-29)36-25-32-9-3-6-12-35(32)39(42-36)31-19-17-30(18-20-31)38-34-11-5-2-8-27(34)22-24-41-38/h2*3-25H,1-2H3;1-25H. The zero-order valence-corrected chi connectivity index (χ0v) is 72.0. The van der Waals surface area contributed by atoms with Crippen LogP contribution in [0.2, 0.25) is 0 Å². The average Bonchev–Trinajstić information content (AvgIpc) is 0.708. The molecule has 9 heterocycles. The maximum Gasteiger partial charge on any atom is 0.0790 e. The van der Waals surface area contributed by atoms with Gasteiger partial charge in [0.25, 0.3) is 0 Å². The third-order valence-corrected chi connectivity index (χ3v) is 25.2. The molecule has 0 saturated carbocycles. The lowest BCUT2D eigenvalue weighted by atomic mass is 9.93. The number of para-hydroxylation sites is 4. The number of benzene rings is 15. The first-order valence-electron chi connectivity index (χ1n) is 44.0. The molecule has 0 aliphatic rings. The predicted molar refractivity (Wildman–Crippen MR) is 541 cm³/mol. The second-order valence-corrected chi connectivity index (χ2v) is 33.3. The summed E-state index contributed by atoms with van der Waals surface area (Å²) >= 11 is 0. The van der Waals surface area contributed by atoms with E-state index in [9.17, 15) is 0 Å². The summed E-state index contributed by atoms with van der Waals surface area (Å²) in [4.78, 5) is 44.0. The molecule has 9 aromatic heterocycles. The lowest BCUT2D eigenvalue weighted by molar-refractivity contribution is 1.31. The highest BCUT2D eigenvalue weighted by atomic mass is 14.7. The summed E-state index contributed by atoms with van der Waals surface area (Å²) in [7, 11) is 0. The Hall–Kier alpha value is -17.0. The van der Waals surface area contributed by atoms with E-state index in [1.165, 1.54) is 54.9 Å². The fraction of sp³-hybridized carbons (Fsp3) is 0.0331. The lowest BCUT2D eigenvalue weighted by Gasteiger charge is -2.15. The van der Waals surface area contributed by atoms with Gasteiger partial charge in [0, 0.05) is 152 Å². The van der Waals surface area contributed by atoms with Crippen LogP contribution in [0.25, 0.3) is 232 Å². The molecule has 130 heavy (non-hydrogen) atoms. The summed E-state index contributed by atoms with van der Waals surface area (Å²) in [6, 6.07) is 139. The zero-order valence-electron chi connectivity index (χ0n) is 72.0. The highest BCUT2D eigenvalue weighted by molar-refractivity contribution is 6.05. The van der Waals surface area contributed by atoms with E-state index >= 15 is 0 Å². The van der Waals surface area contributed by atoms with Crippen molar-refractivity contribution in [1.29, 1.82) is 0 Å². The summed E-state index contributed by atoms with van der Waals surface area (Å²) in [5, 5.41) is 16.2. The van der Waals surface area contributed by atoms with Crippen molar-refractivity contribution in [3.8, 4) is 135 Å². The number of aromatic nitrogens is 9. The molecule has 9 nitrogen and oxygen atoms in total. The van der Waals surface area contributed by atoms with Gasteiger partial charge in [0.15, 0.2) is 0 Å². The number of fused-ring (bicyclic) bond motifs is 9. The monoisotopic (exact) mass is 1660 g/mol. The van der Waals surface area contributed by atoms with Gasteiger partial charge in [0.1, 0.15) is 0 Å². The van der Waals surface area contributed by atoms with Crippen LogP contribution in [0.15, 0.2) is 431 Å². The van der Waals surface area contributed by atoms with Crippen LogP contribution in [0.5, 0.6) is 0 Å². The average molecular weight is 1660 g/mol.